The van der Waals surface area contributed by atoms with Gasteiger partial charge in [-0.15, -0.1) is 0 Å². The fourth-order valence-corrected chi connectivity index (χ4v) is 6.70. The molecule has 0 saturated heterocycles. The van der Waals surface area contributed by atoms with Gasteiger partial charge in [0.25, 0.3) is 0 Å². The Balaban J connectivity index is 1.30. The molecule has 0 unspecified atom stereocenters. The van der Waals surface area contributed by atoms with Gasteiger partial charge in [-0.1, -0.05) is 148 Å². The van der Waals surface area contributed by atoms with Gasteiger partial charge in [0.05, 0.1) is 22.8 Å². The van der Waals surface area contributed by atoms with E-state index in [0.29, 0.717) is 0 Å². The number of rotatable bonds is 6. The zero-order chi connectivity index (χ0) is 28.1. The van der Waals surface area contributed by atoms with Crippen molar-refractivity contribution in [3.8, 4) is 56.0 Å². The van der Waals surface area contributed by atoms with Crippen molar-refractivity contribution in [2.45, 2.75) is 0 Å². The number of aromatic nitrogens is 2. The van der Waals surface area contributed by atoms with Crippen molar-refractivity contribution in [3.63, 3.8) is 0 Å². The van der Waals surface area contributed by atoms with E-state index in [-0.39, 0.29) is 20.7 Å². The molecule has 1 aliphatic heterocycles. The van der Waals surface area contributed by atoms with E-state index in [9.17, 15) is 0 Å². The average molecular weight is 651 g/mol. The van der Waals surface area contributed by atoms with Crippen LogP contribution in [0.1, 0.15) is 5.69 Å². The van der Waals surface area contributed by atoms with Crippen LogP contribution in [0.3, 0.4) is 0 Å². The highest BCUT2D eigenvalue weighted by Crippen LogP contribution is 2.33. The lowest BCUT2D eigenvalue weighted by molar-refractivity contribution is 1.29. The topological polar surface area (TPSA) is 25.8 Å². The summed E-state index contributed by atoms with van der Waals surface area (Å²) in [4.78, 5) is 10.1. The monoisotopic (exact) mass is 650 g/mol. The normalized spacial score (nSPS) is 12.4. The maximum Gasteiger partial charge on any atom is 0.0720 e. The summed E-state index contributed by atoms with van der Waals surface area (Å²) in [7, 11) is 0. The molecule has 0 spiro atoms. The van der Waals surface area contributed by atoms with Gasteiger partial charge in [0.2, 0.25) is 0 Å². The third-order valence-electron chi connectivity index (χ3n) is 7.31. The van der Waals surface area contributed by atoms with E-state index in [4.69, 9.17) is 9.97 Å². The van der Waals surface area contributed by atoms with Crippen LogP contribution in [0.4, 0.5) is 0 Å². The van der Waals surface area contributed by atoms with Crippen LogP contribution in [0.15, 0.2) is 156 Å². The largest absolute Gasteiger partial charge is 0.248 e. The minimum Gasteiger partial charge on any atom is -0.248 e. The molecular formula is C39H27IN2. The van der Waals surface area contributed by atoms with Gasteiger partial charge in [0.15, 0.2) is 0 Å². The quantitative estimate of drug-likeness (QED) is 0.168. The molecule has 200 valence electrons. The molecule has 0 aliphatic carbocycles. The van der Waals surface area contributed by atoms with Crippen molar-refractivity contribution in [1.82, 2.24) is 9.97 Å². The van der Waals surface area contributed by atoms with Crippen LogP contribution in [-0.2, 0) is 0 Å². The summed E-state index contributed by atoms with van der Waals surface area (Å²) in [6.45, 7) is 0. The second-order valence-corrected chi connectivity index (χ2v) is 12.2. The summed E-state index contributed by atoms with van der Waals surface area (Å²) in [5.74, 6) is 0. The van der Waals surface area contributed by atoms with Crippen molar-refractivity contribution in [2.24, 2.45) is 0 Å². The van der Waals surface area contributed by atoms with E-state index in [2.05, 4.69) is 142 Å². The summed E-state index contributed by atoms with van der Waals surface area (Å²) in [6, 6.07) is 48.9. The van der Waals surface area contributed by atoms with Crippen LogP contribution in [0.5, 0.6) is 0 Å². The second-order valence-electron chi connectivity index (χ2n) is 10.1. The van der Waals surface area contributed by atoms with Crippen molar-refractivity contribution in [1.29, 1.82) is 0 Å². The summed E-state index contributed by atoms with van der Waals surface area (Å²) < 4.78 is 4.62. The predicted molar refractivity (Wildman–Crippen MR) is 186 cm³/mol. The molecule has 42 heavy (non-hydrogen) atoms. The molecule has 0 fully saturated rings. The summed E-state index contributed by atoms with van der Waals surface area (Å²) >= 11 is -0.0712. The molecule has 4 aromatic carbocycles. The van der Waals surface area contributed by atoms with Crippen LogP contribution >= 0.6 is 20.7 Å². The molecule has 0 saturated carbocycles. The number of benzene rings is 4. The molecule has 3 heteroatoms. The Kier molecular flexibility index (Phi) is 7.49. The van der Waals surface area contributed by atoms with Crippen molar-refractivity contribution in [3.05, 3.63) is 161 Å². The van der Waals surface area contributed by atoms with E-state index in [1.54, 1.807) is 0 Å². The molecule has 6 aromatic rings. The Labute approximate surface area is 256 Å². The Bertz CT molecular complexity index is 1880. The minimum atomic E-state index is -0.0712. The first-order valence-corrected chi connectivity index (χ1v) is 16.4. The van der Waals surface area contributed by atoms with Gasteiger partial charge < -0.3 is 0 Å². The highest BCUT2D eigenvalue weighted by Gasteiger charge is 2.12. The maximum absolute atomic E-state index is 5.07. The average Bonchev–Trinajstić information content (AvgIpc) is 3.09. The third-order valence-corrected chi connectivity index (χ3v) is 9.17. The predicted octanol–water partition coefficient (Wildman–Crippen LogP) is 10.5. The van der Waals surface area contributed by atoms with Crippen molar-refractivity contribution >= 4 is 30.3 Å². The number of halogens is 1. The first-order chi connectivity index (χ1) is 20.8. The fourth-order valence-electron chi connectivity index (χ4n) is 5.13. The molecule has 0 atom stereocenters. The SMILES string of the molecule is C1=CI=CC(c2cc(-c3ccc(-c4cc(-c5ccccc5)nc(-c5ccccc5)c4)cc3)cc(-c3ccccc3)n2)=C1. The Morgan fingerprint density at radius 3 is 1.19 bits per heavy atom. The van der Waals surface area contributed by atoms with Crippen molar-refractivity contribution < 1.29 is 0 Å². The molecule has 7 rings (SSSR count). The smallest absolute Gasteiger partial charge is 0.0720 e. The van der Waals surface area contributed by atoms with Gasteiger partial charge in [-0.05, 0) is 54.6 Å². The molecule has 1 aliphatic rings. The van der Waals surface area contributed by atoms with Gasteiger partial charge in [-0.3, -0.25) is 0 Å². The molecule has 0 amide bonds. The molecule has 0 N–H and O–H groups in total. The first kappa shape index (κ1) is 26.2. The molecule has 0 bridgehead atoms. The van der Waals surface area contributed by atoms with Gasteiger partial charge in [0.1, 0.15) is 0 Å². The molecule has 3 heterocycles. The molecule has 2 nitrogen and oxygen atoms in total. The van der Waals surface area contributed by atoms with Gasteiger partial charge in [-0.2, -0.15) is 0 Å². The first-order valence-electron chi connectivity index (χ1n) is 13.9. The lowest BCUT2D eigenvalue weighted by Gasteiger charge is -2.13. The number of nitrogens with zero attached hydrogens (tertiary/aromatic N) is 2. The molecular weight excluding hydrogens is 623 g/mol. The van der Waals surface area contributed by atoms with E-state index < -0.39 is 0 Å². The minimum absolute atomic E-state index is 0.0712. The number of hydrogen-bond acceptors (Lipinski definition) is 2. The van der Waals surface area contributed by atoms with E-state index in [0.717, 1.165) is 56.2 Å². The van der Waals surface area contributed by atoms with E-state index in [1.165, 1.54) is 11.1 Å². The molecule has 2 aromatic heterocycles. The van der Waals surface area contributed by atoms with Crippen molar-refractivity contribution in [2.75, 3.05) is 0 Å². The number of allylic oxidation sites excluding steroid dienone is 3. The highest BCUT2D eigenvalue weighted by molar-refractivity contribution is 14.2. The van der Waals surface area contributed by atoms with Crippen LogP contribution < -0.4 is 0 Å². The summed E-state index contributed by atoms with van der Waals surface area (Å²) in [5, 5.41) is 0. The van der Waals surface area contributed by atoms with Gasteiger partial charge >= 0.3 is 0 Å². The zero-order valence-electron chi connectivity index (χ0n) is 22.9. The highest BCUT2D eigenvalue weighted by atomic mass is 127. The van der Waals surface area contributed by atoms with E-state index in [1.807, 2.05) is 18.2 Å². The van der Waals surface area contributed by atoms with Crippen LogP contribution in [0.2, 0.25) is 0 Å². The zero-order valence-corrected chi connectivity index (χ0v) is 25.0. The third kappa shape index (κ3) is 5.69. The standard InChI is InChI=1S/C39H27IN2/c1-4-11-30(12-5-1)36-23-34(24-37(41-36)31-13-6-2-7-14-31)28-18-20-29(21-19-28)35-25-38(32-15-8-3-9-16-32)42-39(26-35)33-17-10-22-40-27-33/h1-27H. The lowest BCUT2D eigenvalue weighted by Crippen LogP contribution is -1.95. The number of hydrogen-bond donors (Lipinski definition) is 0. The number of pyridine rings is 2. The maximum atomic E-state index is 5.07. The lowest BCUT2D eigenvalue weighted by atomic mass is 9.96. The van der Waals surface area contributed by atoms with Gasteiger partial charge in [-0.25, -0.2) is 9.97 Å². The van der Waals surface area contributed by atoms with Crippen LogP contribution in [-0.4, -0.2) is 14.0 Å². The van der Waals surface area contributed by atoms with Gasteiger partial charge in [0, 0.05) is 22.3 Å². The summed E-state index contributed by atoms with van der Waals surface area (Å²) in [5.41, 5.74) is 13.1. The van der Waals surface area contributed by atoms with Crippen LogP contribution in [0.25, 0.3) is 61.6 Å². The Hall–Kier alpha value is -4.74. The summed E-state index contributed by atoms with van der Waals surface area (Å²) in [6.07, 6.45) is 4.33. The Morgan fingerprint density at radius 2 is 0.786 bits per heavy atom. The second kappa shape index (κ2) is 12.0. The molecule has 0 radical (unpaired) electrons. The fraction of sp³-hybridized carbons (Fsp3) is 0. The van der Waals surface area contributed by atoms with E-state index >= 15 is 0 Å². The van der Waals surface area contributed by atoms with Crippen LogP contribution in [0, 0.1) is 0 Å². The Morgan fingerprint density at radius 1 is 0.381 bits per heavy atom.